The zero-order valence-electron chi connectivity index (χ0n) is 11.6. The van der Waals surface area contributed by atoms with Crippen LogP contribution in [-0.4, -0.2) is 26.3 Å². The lowest BCUT2D eigenvalue weighted by molar-refractivity contribution is 0.792. The molecule has 0 radical (unpaired) electrons. The maximum atomic E-state index is 4.54. The zero-order chi connectivity index (χ0) is 13.3. The van der Waals surface area contributed by atoms with Gasteiger partial charge in [-0.1, -0.05) is 0 Å². The molecule has 0 aliphatic heterocycles. The molecule has 5 nitrogen and oxygen atoms in total. The summed E-state index contributed by atoms with van der Waals surface area (Å²) >= 11 is 0. The van der Waals surface area contributed by atoms with Gasteiger partial charge in [-0.2, -0.15) is 10.1 Å². The third-order valence-corrected chi connectivity index (χ3v) is 3.13. The third-order valence-electron chi connectivity index (χ3n) is 3.13. The van der Waals surface area contributed by atoms with Gasteiger partial charge in [-0.3, -0.25) is 0 Å². The monoisotopic (exact) mass is 245 g/mol. The van der Waals surface area contributed by atoms with E-state index in [2.05, 4.69) is 34.2 Å². The van der Waals surface area contributed by atoms with Crippen molar-refractivity contribution in [3.63, 3.8) is 0 Å². The molecule has 0 spiro atoms. The maximum Gasteiger partial charge on any atom is 0.224 e. The van der Waals surface area contributed by atoms with E-state index in [4.69, 9.17) is 0 Å². The van der Waals surface area contributed by atoms with Crippen molar-refractivity contribution >= 4 is 5.95 Å². The summed E-state index contributed by atoms with van der Waals surface area (Å²) in [5.74, 6) is 1.48. The lowest BCUT2D eigenvalue weighted by Gasteiger charge is -2.09. The Bertz CT molecular complexity index is 571. The SMILES string of the molecule is CCNc1ncc(C)c(-n2nc(C)c(C)c2C)n1. The van der Waals surface area contributed by atoms with Gasteiger partial charge >= 0.3 is 0 Å². The van der Waals surface area contributed by atoms with Crippen LogP contribution in [0.5, 0.6) is 0 Å². The molecule has 0 atom stereocenters. The van der Waals surface area contributed by atoms with Crippen molar-refractivity contribution in [2.24, 2.45) is 0 Å². The average Bonchev–Trinajstić information content (AvgIpc) is 2.60. The van der Waals surface area contributed by atoms with Gasteiger partial charge in [-0.25, -0.2) is 9.67 Å². The van der Waals surface area contributed by atoms with Crippen molar-refractivity contribution in [1.29, 1.82) is 0 Å². The minimum atomic E-state index is 0.642. The highest BCUT2D eigenvalue weighted by Crippen LogP contribution is 2.18. The summed E-state index contributed by atoms with van der Waals surface area (Å²) < 4.78 is 1.89. The van der Waals surface area contributed by atoms with Gasteiger partial charge in [-0.15, -0.1) is 0 Å². The van der Waals surface area contributed by atoms with E-state index in [0.717, 1.165) is 29.3 Å². The second kappa shape index (κ2) is 4.76. The molecule has 2 aromatic heterocycles. The first-order valence-corrected chi connectivity index (χ1v) is 6.15. The van der Waals surface area contributed by atoms with E-state index in [1.54, 1.807) is 0 Å². The van der Waals surface area contributed by atoms with Crippen molar-refractivity contribution in [1.82, 2.24) is 19.7 Å². The van der Waals surface area contributed by atoms with Gasteiger partial charge in [0.2, 0.25) is 5.95 Å². The van der Waals surface area contributed by atoms with Crippen LogP contribution in [0.3, 0.4) is 0 Å². The Hall–Kier alpha value is -1.91. The second-order valence-corrected chi connectivity index (χ2v) is 4.44. The van der Waals surface area contributed by atoms with E-state index in [-0.39, 0.29) is 0 Å². The fourth-order valence-electron chi connectivity index (χ4n) is 1.82. The molecule has 0 saturated carbocycles. The first-order valence-electron chi connectivity index (χ1n) is 6.15. The summed E-state index contributed by atoms with van der Waals surface area (Å²) in [7, 11) is 0. The molecule has 2 rings (SSSR count). The van der Waals surface area contributed by atoms with Gasteiger partial charge in [0.05, 0.1) is 5.69 Å². The Morgan fingerprint density at radius 2 is 1.94 bits per heavy atom. The van der Waals surface area contributed by atoms with Gasteiger partial charge < -0.3 is 5.32 Å². The van der Waals surface area contributed by atoms with E-state index in [1.165, 1.54) is 5.56 Å². The molecule has 18 heavy (non-hydrogen) atoms. The first kappa shape index (κ1) is 12.5. The molecule has 0 aliphatic carbocycles. The molecule has 0 aromatic carbocycles. The van der Waals surface area contributed by atoms with Gasteiger partial charge in [-0.05, 0) is 40.2 Å². The third kappa shape index (κ3) is 2.08. The molecule has 0 bridgehead atoms. The number of anilines is 1. The minimum Gasteiger partial charge on any atom is -0.354 e. The standard InChI is InChI=1S/C13H19N5/c1-6-14-13-15-7-8(2)12(16-13)18-11(5)9(3)10(4)17-18/h7H,6H2,1-5H3,(H,14,15,16). The Morgan fingerprint density at radius 1 is 1.22 bits per heavy atom. The summed E-state index contributed by atoms with van der Waals surface area (Å²) in [4.78, 5) is 8.78. The van der Waals surface area contributed by atoms with Crippen molar-refractivity contribution in [3.8, 4) is 5.82 Å². The van der Waals surface area contributed by atoms with Crippen molar-refractivity contribution < 1.29 is 0 Å². The van der Waals surface area contributed by atoms with Gasteiger partial charge in [0.15, 0.2) is 5.82 Å². The van der Waals surface area contributed by atoms with Crippen molar-refractivity contribution in [3.05, 3.63) is 28.7 Å². The molecule has 0 saturated heterocycles. The van der Waals surface area contributed by atoms with Crippen LogP contribution in [0.25, 0.3) is 5.82 Å². The normalized spacial score (nSPS) is 10.7. The Kier molecular flexibility index (Phi) is 3.32. The van der Waals surface area contributed by atoms with Crippen molar-refractivity contribution in [2.75, 3.05) is 11.9 Å². The Balaban J connectivity index is 2.55. The summed E-state index contributed by atoms with van der Waals surface area (Å²) in [6, 6.07) is 0. The van der Waals surface area contributed by atoms with Crippen LogP contribution < -0.4 is 5.32 Å². The number of hydrogen-bond donors (Lipinski definition) is 1. The highest BCUT2D eigenvalue weighted by molar-refractivity contribution is 5.40. The molecular formula is C13H19N5. The predicted molar refractivity (Wildman–Crippen MR) is 72.3 cm³/mol. The minimum absolute atomic E-state index is 0.642. The Morgan fingerprint density at radius 3 is 2.50 bits per heavy atom. The molecular weight excluding hydrogens is 226 g/mol. The summed E-state index contributed by atoms with van der Waals surface area (Å²) in [5, 5.41) is 7.66. The Labute approximate surface area is 107 Å². The van der Waals surface area contributed by atoms with Gasteiger partial charge in [0.25, 0.3) is 0 Å². The van der Waals surface area contributed by atoms with Crippen LogP contribution in [0.1, 0.15) is 29.4 Å². The van der Waals surface area contributed by atoms with E-state index < -0.39 is 0 Å². The van der Waals surface area contributed by atoms with Gasteiger partial charge in [0.1, 0.15) is 0 Å². The summed E-state index contributed by atoms with van der Waals surface area (Å²) in [6.07, 6.45) is 1.83. The number of aromatic nitrogens is 4. The first-order chi connectivity index (χ1) is 8.54. The van der Waals surface area contributed by atoms with Crippen LogP contribution in [0.4, 0.5) is 5.95 Å². The number of aryl methyl sites for hydroxylation is 2. The zero-order valence-corrected chi connectivity index (χ0v) is 11.6. The number of rotatable bonds is 3. The molecule has 5 heteroatoms. The van der Waals surface area contributed by atoms with Crippen LogP contribution in [0, 0.1) is 27.7 Å². The maximum absolute atomic E-state index is 4.54. The molecule has 0 amide bonds. The molecule has 0 unspecified atom stereocenters. The van der Waals surface area contributed by atoms with Gasteiger partial charge in [0, 0.05) is 24.0 Å². The molecule has 1 N–H and O–H groups in total. The average molecular weight is 245 g/mol. The van der Waals surface area contributed by atoms with Crippen molar-refractivity contribution in [2.45, 2.75) is 34.6 Å². The molecule has 96 valence electrons. The lowest BCUT2D eigenvalue weighted by Crippen LogP contribution is -2.09. The number of nitrogens with one attached hydrogen (secondary N) is 1. The van der Waals surface area contributed by atoms with Crippen LogP contribution in [-0.2, 0) is 0 Å². The second-order valence-electron chi connectivity index (χ2n) is 4.44. The van der Waals surface area contributed by atoms with E-state index in [1.807, 2.05) is 31.6 Å². The number of nitrogens with zero attached hydrogens (tertiary/aromatic N) is 4. The topological polar surface area (TPSA) is 55.6 Å². The summed E-state index contributed by atoms with van der Waals surface area (Å²) in [5.41, 5.74) is 4.38. The van der Waals surface area contributed by atoms with Crippen LogP contribution in [0.2, 0.25) is 0 Å². The lowest BCUT2D eigenvalue weighted by atomic mass is 10.2. The smallest absolute Gasteiger partial charge is 0.224 e. The highest BCUT2D eigenvalue weighted by Gasteiger charge is 2.13. The molecule has 0 aliphatic rings. The molecule has 2 aromatic rings. The van der Waals surface area contributed by atoms with E-state index >= 15 is 0 Å². The largest absolute Gasteiger partial charge is 0.354 e. The highest BCUT2D eigenvalue weighted by atomic mass is 15.3. The van der Waals surface area contributed by atoms with Crippen LogP contribution >= 0.6 is 0 Å². The quantitative estimate of drug-likeness (QED) is 0.901. The van der Waals surface area contributed by atoms with E-state index in [9.17, 15) is 0 Å². The molecule has 2 heterocycles. The van der Waals surface area contributed by atoms with E-state index in [0.29, 0.717) is 5.95 Å². The van der Waals surface area contributed by atoms with Crippen LogP contribution in [0.15, 0.2) is 6.20 Å². The fraction of sp³-hybridized carbons (Fsp3) is 0.462. The molecule has 0 fully saturated rings. The summed E-state index contributed by atoms with van der Waals surface area (Å²) in [6.45, 7) is 11.0. The fourth-order valence-corrected chi connectivity index (χ4v) is 1.82. The predicted octanol–water partition coefficient (Wildman–Crippen LogP) is 2.33. The number of hydrogen-bond acceptors (Lipinski definition) is 4.